The second kappa shape index (κ2) is 7.69. The van der Waals surface area contributed by atoms with Crippen molar-refractivity contribution in [3.05, 3.63) is 72.6 Å². The smallest absolute Gasteiger partial charge is 0.253 e. The molecule has 1 saturated heterocycles. The monoisotopic (exact) mass is 395 g/mol. The molecule has 0 bridgehead atoms. The lowest BCUT2D eigenvalue weighted by Crippen LogP contribution is -2.46. The highest BCUT2D eigenvalue weighted by Gasteiger charge is 2.30. The van der Waals surface area contributed by atoms with Gasteiger partial charge in [-0.2, -0.15) is 4.31 Å². The number of carbonyl (C=O) groups excluding carboxylic acids is 1. The number of rotatable bonds is 4. The third-order valence-electron chi connectivity index (χ3n) is 5.07. The fourth-order valence-corrected chi connectivity index (χ4v) is 4.99. The molecule has 7 heteroatoms. The highest BCUT2D eigenvalue weighted by Crippen LogP contribution is 2.24. The van der Waals surface area contributed by atoms with Crippen LogP contribution in [-0.4, -0.2) is 42.7 Å². The average Bonchev–Trinajstić information content (AvgIpc) is 2.74. The summed E-state index contributed by atoms with van der Waals surface area (Å²) in [4.78, 5) is 16.5. The largest absolute Gasteiger partial charge is 0.349 e. The maximum absolute atomic E-state index is 13.0. The van der Waals surface area contributed by atoms with Crippen LogP contribution in [0, 0.1) is 0 Å². The third-order valence-corrected chi connectivity index (χ3v) is 6.97. The summed E-state index contributed by atoms with van der Waals surface area (Å²) in [7, 11) is -3.55. The average molecular weight is 395 g/mol. The minimum atomic E-state index is -3.55. The fourth-order valence-electron chi connectivity index (χ4n) is 3.48. The summed E-state index contributed by atoms with van der Waals surface area (Å²) in [5.74, 6) is -0.177. The Labute approximate surface area is 164 Å². The molecule has 1 N–H and O–H groups in total. The van der Waals surface area contributed by atoms with Gasteiger partial charge >= 0.3 is 0 Å². The molecule has 1 aromatic heterocycles. The Morgan fingerprint density at radius 1 is 1.00 bits per heavy atom. The summed E-state index contributed by atoms with van der Waals surface area (Å²) in [6, 6.07) is 16.3. The van der Waals surface area contributed by atoms with Gasteiger partial charge in [-0.25, -0.2) is 8.42 Å². The van der Waals surface area contributed by atoms with Crippen molar-refractivity contribution in [3.8, 4) is 0 Å². The van der Waals surface area contributed by atoms with Gasteiger partial charge in [0.05, 0.1) is 10.5 Å². The highest BCUT2D eigenvalue weighted by atomic mass is 32.2. The number of aromatic nitrogens is 1. The van der Waals surface area contributed by atoms with Gasteiger partial charge in [0, 0.05) is 31.5 Å². The van der Waals surface area contributed by atoms with Gasteiger partial charge in [-0.3, -0.25) is 9.78 Å². The van der Waals surface area contributed by atoms with E-state index in [1.807, 2.05) is 30.3 Å². The lowest BCUT2D eigenvalue weighted by Gasteiger charge is -2.31. The molecule has 0 spiro atoms. The predicted octanol–water partition coefficient (Wildman–Crippen LogP) is 2.82. The zero-order valence-electron chi connectivity index (χ0n) is 15.3. The van der Waals surface area contributed by atoms with Crippen LogP contribution in [0.15, 0.2) is 71.9 Å². The summed E-state index contributed by atoms with van der Waals surface area (Å²) in [5, 5.41) is 4.89. The number of nitrogens with one attached hydrogen (secondary N) is 1. The Morgan fingerprint density at radius 3 is 2.46 bits per heavy atom. The maximum atomic E-state index is 13.0. The molecule has 0 radical (unpaired) electrons. The van der Waals surface area contributed by atoms with Gasteiger partial charge in [-0.05, 0) is 47.9 Å². The van der Waals surface area contributed by atoms with E-state index in [2.05, 4.69) is 10.3 Å². The fraction of sp³-hybridized carbons (Fsp3) is 0.238. The zero-order valence-corrected chi connectivity index (χ0v) is 16.1. The van der Waals surface area contributed by atoms with Gasteiger partial charge in [0.1, 0.15) is 0 Å². The molecule has 3 aromatic rings. The van der Waals surface area contributed by atoms with Crippen LogP contribution >= 0.6 is 0 Å². The van der Waals surface area contributed by atoms with Gasteiger partial charge in [0.25, 0.3) is 5.91 Å². The summed E-state index contributed by atoms with van der Waals surface area (Å²) in [6.45, 7) is 0.764. The van der Waals surface area contributed by atoms with Crippen molar-refractivity contribution in [1.29, 1.82) is 0 Å². The Bertz CT molecular complexity index is 1090. The standard InChI is InChI=1S/C21H21N3O3S/c25-21(18-6-3-11-22-15-18)23-19-9-12-24(13-10-19)28(26,27)20-8-7-16-4-1-2-5-17(16)14-20/h1-8,11,14-15,19H,9-10,12-13H2,(H,23,25). The first-order valence-electron chi connectivity index (χ1n) is 9.24. The molecule has 1 aliphatic rings. The number of fused-ring (bicyclic) bond motifs is 1. The molecule has 0 aliphatic carbocycles. The van der Waals surface area contributed by atoms with Crippen molar-refractivity contribution in [2.24, 2.45) is 0 Å². The van der Waals surface area contributed by atoms with Crippen molar-refractivity contribution >= 4 is 26.7 Å². The van der Waals surface area contributed by atoms with Crippen molar-refractivity contribution in [1.82, 2.24) is 14.6 Å². The Hall–Kier alpha value is -2.77. The van der Waals surface area contributed by atoms with Gasteiger partial charge < -0.3 is 5.32 Å². The van der Waals surface area contributed by atoms with E-state index in [0.29, 0.717) is 36.4 Å². The van der Waals surface area contributed by atoms with Crippen LogP contribution in [0.5, 0.6) is 0 Å². The molecule has 1 fully saturated rings. The number of amides is 1. The maximum Gasteiger partial charge on any atom is 0.253 e. The number of carbonyl (C=O) groups is 1. The van der Waals surface area contributed by atoms with Crippen LogP contribution in [0.3, 0.4) is 0 Å². The molecule has 6 nitrogen and oxygen atoms in total. The van der Waals surface area contributed by atoms with Crippen molar-refractivity contribution in [2.45, 2.75) is 23.8 Å². The zero-order chi connectivity index (χ0) is 19.6. The molecular weight excluding hydrogens is 374 g/mol. The summed E-state index contributed by atoms with van der Waals surface area (Å²) >= 11 is 0. The quantitative estimate of drug-likeness (QED) is 0.737. The summed E-state index contributed by atoms with van der Waals surface area (Å²) < 4.78 is 27.5. The van der Waals surface area contributed by atoms with Crippen LogP contribution in [-0.2, 0) is 10.0 Å². The summed E-state index contributed by atoms with van der Waals surface area (Å²) in [6.07, 6.45) is 4.30. The van der Waals surface area contributed by atoms with Crippen LogP contribution in [0.2, 0.25) is 0 Å². The first-order valence-corrected chi connectivity index (χ1v) is 10.7. The van der Waals surface area contributed by atoms with E-state index in [1.54, 1.807) is 30.5 Å². The van der Waals surface area contributed by atoms with E-state index in [0.717, 1.165) is 10.8 Å². The number of benzene rings is 2. The minimum Gasteiger partial charge on any atom is -0.349 e. The lowest BCUT2D eigenvalue weighted by atomic mass is 10.1. The number of hydrogen-bond acceptors (Lipinski definition) is 4. The highest BCUT2D eigenvalue weighted by molar-refractivity contribution is 7.89. The van der Waals surface area contributed by atoms with Crippen molar-refractivity contribution in [3.63, 3.8) is 0 Å². The molecule has 1 amide bonds. The van der Waals surface area contributed by atoms with Crippen LogP contribution in [0.1, 0.15) is 23.2 Å². The Balaban J connectivity index is 1.43. The molecule has 28 heavy (non-hydrogen) atoms. The number of pyridine rings is 1. The van der Waals surface area contributed by atoms with Gasteiger partial charge in [0.2, 0.25) is 10.0 Å². The molecular formula is C21H21N3O3S. The third kappa shape index (κ3) is 3.76. The first-order chi connectivity index (χ1) is 13.5. The molecule has 1 aliphatic heterocycles. The van der Waals surface area contributed by atoms with E-state index in [9.17, 15) is 13.2 Å². The van der Waals surface area contributed by atoms with Crippen molar-refractivity contribution in [2.75, 3.05) is 13.1 Å². The van der Waals surface area contributed by atoms with E-state index < -0.39 is 10.0 Å². The van der Waals surface area contributed by atoms with E-state index >= 15 is 0 Å². The Kier molecular flexibility index (Phi) is 5.11. The molecule has 2 aromatic carbocycles. The lowest BCUT2D eigenvalue weighted by molar-refractivity contribution is 0.0923. The minimum absolute atomic E-state index is 0.0456. The second-order valence-electron chi connectivity index (χ2n) is 6.90. The molecule has 0 atom stereocenters. The van der Waals surface area contributed by atoms with Gasteiger partial charge in [-0.15, -0.1) is 0 Å². The number of nitrogens with zero attached hydrogens (tertiary/aromatic N) is 2. The molecule has 0 unspecified atom stereocenters. The van der Waals surface area contributed by atoms with Crippen molar-refractivity contribution < 1.29 is 13.2 Å². The SMILES string of the molecule is O=C(NC1CCN(S(=O)(=O)c2ccc3ccccc3c2)CC1)c1cccnc1. The van der Waals surface area contributed by atoms with E-state index in [4.69, 9.17) is 0 Å². The second-order valence-corrected chi connectivity index (χ2v) is 8.84. The predicted molar refractivity (Wildman–Crippen MR) is 107 cm³/mol. The van der Waals surface area contributed by atoms with Gasteiger partial charge in [0.15, 0.2) is 0 Å². The van der Waals surface area contributed by atoms with E-state index in [1.165, 1.54) is 10.5 Å². The molecule has 4 rings (SSSR count). The normalized spacial score (nSPS) is 16.1. The number of hydrogen-bond donors (Lipinski definition) is 1. The first kappa shape index (κ1) is 18.6. The van der Waals surface area contributed by atoms with Crippen LogP contribution in [0.25, 0.3) is 10.8 Å². The Morgan fingerprint density at radius 2 is 1.75 bits per heavy atom. The topological polar surface area (TPSA) is 79.4 Å². The molecule has 0 saturated carbocycles. The van der Waals surface area contributed by atoms with Gasteiger partial charge in [-0.1, -0.05) is 30.3 Å². The van der Waals surface area contributed by atoms with Crippen LogP contribution in [0.4, 0.5) is 0 Å². The number of sulfonamides is 1. The number of piperidine rings is 1. The molecule has 2 heterocycles. The molecule has 144 valence electrons. The van der Waals surface area contributed by atoms with Crippen LogP contribution < -0.4 is 5.32 Å². The van der Waals surface area contributed by atoms with E-state index in [-0.39, 0.29) is 11.9 Å². The summed E-state index contributed by atoms with van der Waals surface area (Å²) in [5.41, 5.74) is 0.508.